The van der Waals surface area contributed by atoms with E-state index >= 15 is 0 Å². The normalized spacial score (nSPS) is 16.0. The van der Waals surface area contributed by atoms with Gasteiger partial charge in [0.2, 0.25) is 5.91 Å². The lowest BCUT2D eigenvalue weighted by molar-refractivity contribution is -0.143. The largest absolute Gasteiger partial charge is 0.348 e. The third-order valence-electron chi connectivity index (χ3n) is 3.67. The first-order valence-corrected chi connectivity index (χ1v) is 7.43. The number of nitrogens with zero attached hydrogens (tertiary/aromatic N) is 2. The number of hydrogen-bond donors (Lipinski definition) is 1. The number of amides is 5. The van der Waals surface area contributed by atoms with Crippen LogP contribution >= 0.6 is 0 Å². The molecule has 1 aliphatic rings. The molecule has 1 fully saturated rings. The van der Waals surface area contributed by atoms with Crippen LogP contribution in [0.3, 0.4) is 0 Å². The van der Waals surface area contributed by atoms with Gasteiger partial charge in [-0.1, -0.05) is 43.7 Å². The molecule has 2 rings (SSSR count). The van der Waals surface area contributed by atoms with Crippen molar-refractivity contribution < 1.29 is 19.2 Å². The molecule has 1 N–H and O–H groups in total. The molecule has 0 radical (unpaired) electrons. The quantitative estimate of drug-likeness (QED) is 0.628. The molecule has 0 aliphatic carbocycles. The summed E-state index contributed by atoms with van der Waals surface area (Å²) in [5.41, 5.74) is 0.954. The summed E-state index contributed by atoms with van der Waals surface area (Å²) in [6, 6.07) is 8.49. The third-order valence-corrected chi connectivity index (χ3v) is 3.67. The fourth-order valence-electron chi connectivity index (χ4n) is 2.43. The summed E-state index contributed by atoms with van der Waals surface area (Å²) in [6.07, 6.45) is 1.60. The van der Waals surface area contributed by atoms with Gasteiger partial charge in [0, 0.05) is 7.05 Å². The second-order valence-electron chi connectivity index (χ2n) is 5.36. The molecule has 0 bridgehead atoms. The highest BCUT2D eigenvalue weighted by Gasteiger charge is 2.43. The number of nitrogens with one attached hydrogen (secondary N) is 1. The van der Waals surface area contributed by atoms with Crippen molar-refractivity contribution in [2.24, 2.45) is 0 Å². The van der Waals surface area contributed by atoms with E-state index in [0.717, 1.165) is 18.4 Å². The fourth-order valence-corrected chi connectivity index (χ4v) is 2.43. The Hall–Kier alpha value is -2.70. The Labute approximate surface area is 134 Å². The highest BCUT2D eigenvalue weighted by atomic mass is 16.2. The van der Waals surface area contributed by atoms with E-state index in [1.165, 1.54) is 7.05 Å². The van der Waals surface area contributed by atoms with Crippen LogP contribution in [0.15, 0.2) is 30.3 Å². The van der Waals surface area contributed by atoms with Gasteiger partial charge in [-0.15, -0.1) is 0 Å². The first-order valence-electron chi connectivity index (χ1n) is 7.43. The molecule has 0 unspecified atom stereocenters. The minimum atomic E-state index is -0.973. The van der Waals surface area contributed by atoms with Gasteiger partial charge in [0.15, 0.2) is 0 Å². The molecule has 1 heterocycles. The molecule has 7 nitrogen and oxygen atoms in total. The molecule has 23 heavy (non-hydrogen) atoms. The van der Waals surface area contributed by atoms with Crippen LogP contribution in [0, 0.1) is 0 Å². The molecule has 1 aromatic rings. The number of likely N-dealkylation sites (N-methyl/N-ethyl adjacent to an activating group) is 1. The number of urea groups is 1. The summed E-state index contributed by atoms with van der Waals surface area (Å²) < 4.78 is 0. The molecule has 1 saturated heterocycles. The number of hydrogen-bond acceptors (Lipinski definition) is 4. The lowest BCUT2D eigenvalue weighted by atomic mass is 10.0. The first kappa shape index (κ1) is 16.7. The van der Waals surface area contributed by atoms with E-state index < -0.39 is 30.3 Å². The monoisotopic (exact) mass is 317 g/mol. The van der Waals surface area contributed by atoms with E-state index in [1.807, 2.05) is 37.3 Å². The number of imide groups is 2. The average Bonchev–Trinajstić information content (AvgIpc) is 2.73. The summed E-state index contributed by atoms with van der Waals surface area (Å²) in [4.78, 5) is 48.4. The fraction of sp³-hybridized carbons (Fsp3) is 0.375. The van der Waals surface area contributed by atoms with Gasteiger partial charge in [0.25, 0.3) is 0 Å². The Morgan fingerprint density at radius 1 is 1.13 bits per heavy atom. The van der Waals surface area contributed by atoms with Crippen molar-refractivity contribution >= 4 is 23.8 Å². The van der Waals surface area contributed by atoms with Crippen molar-refractivity contribution in [2.45, 2.75) is 25.8 Å². The highest BCUT2D eigenvalue weighted by Crippen LogP contribution is 2.18. The second kappa shape index (κ2) is 7.04. The SMILES string of the molecule is CCC[C@@H](NC(=O)CN1C(=O)C(=O)N(C)C1=O)c1ccccc1. The van der Waals surface area contributed by atoms with E-state index in [2.05, 4.69) is 5.32 Å². The molecule has 0 spiro atoms. The van der Waals surface area contributed by atoms with E-state index in [4.69, 9.17) is 0 Å². The average molecular weight is 317 g/mol. The molecule has 7 heteroatoms. The molecule has 1 aromatic carbocycles. The maximum absolute atomic E-state index is 12.2. The van der Waals surface area contributed by atoms with Gasteiger partial charge in [0.05, 0.1) is 6.04 Å². The summed E-state index contributed by atoms with van der Waals surface area (Å²) in [7, 11) is 1.21. The lowest BCUT2D eigenvalue weighted by Crippen LogP contribution is -2.42. The standard InChI is InChI=1S/C16H19N3O4/c1-3-7-12(11-8-5-4-6-9-11)17-13(20)10-19-15(22)14(21)18(2)16(19)23/h4-6,8-9,12H,3,7,10H2,1-2H3,(H,17,20)/t12-/m1/s1. The lowest BCUT2D eigenvalue weighted by Gasteiger charge is -2.20. The number of carbonyl (C=O) groups excluding carboxylic acids is 4. The minimum Gasteiger partial charge on any atom is -0.348 e. The molecule has 0 aromatic heterocycles. The summed E-state index contributed by atoms with van der Waals surface area (Å²) in [5.74, 6) is -2.37. The maximum atomic E-state index is 12.2. The Morgan fingerprint density at radius 3 is 2.30 bits per heavy atom. The Kier molecular flexibility index (Phi) is 5.10. The van der Waals surface area contributed by atoms with E-state index in [-0.39, 0.29) is 6.04 Å². The molecule has 1 atom stereocenters. The molecule has 5 amide bonds. The van der Waals surface area contributed by atoms with Crippen LogP contribution in [-0.2, 0) is 14.4 Å². The molecule has 0 saturated carbocycles. The van der Waals surface area contributed by atoms with Crippen molar-refractivity contribution in [1.82, 2.24) is 15.1 Å². The van der Waals surface area contributed by atoms with Crippen LogP contribution < -0.4 is 5.32 Å². The van der Waals surface area contributed by atoms with Crippen LogP contribution in [0.2, 0.25) is 0 Å². The van der Waals surface area contributed by atoms with E-state index in [9.17, 15) is 19.2 Å². The maximum Gasteiger partial charge on any atom is 0.334 e. The predicted molar refractivity (Wildman–Crippen MR) is 82.1 cm³/mol. The smallest absolute Gasteiger partial charge is 0.334 e. The van der Waals surface area contributed by atoms with Gasteiger partial charge < -0.3 is 5.32 Å². The van der Waals surface area contributed by atoms with Gasteiger partial charge in [-0.3, -0.25) is 19.3 Å². The summed E-state index contributed by atoms with van der Waals surface area (Å²) >= 11 is 0. The molecular formula is C16H19N3O4. The summed E-state index contributed by atoms with van der Waals surface area (Å²) in [6.45, 7) is 1.55. The highest BCUT2D eigenvalue weighted by molar-refractivity contribution is 6.44. The Morgan fingerprint density at radius 2 is 1.78 bits per heavy atom. The second-order valence-corrected chi connectivity index (χ2v) is 5.36. The van der Waals surface area contributed by atoms with Gasteiger partial charge in [0.1, 0.15) is 6.54 Å². The predicted octanol–water partition coefficient (Wildman–Crippen LogP) is 1.06. The van der Waals surface area contributed by atoms with Crippen LogP contribution in [0.4, 0.5) is 4.79 Å². The zero-order valence-electron chi connectivity index (χ0n) is 13.1. The van der Waals surface area contributed by atoms with E-state index in [1.54, 1.807) is 0 Å². The Balaban J connectivity index is 2.04. The van der Waals surface area contributed by atoms with Gasteiger partial charge in [-0.2, -0.15) is 0 Å². The van der Waals surface area contributed by atoms with Crippen LogP contribution in [-0.4, -0.2) is 47.1 Å². The third kappa shape index (κ3) is 3.56. The van der Waals surface area contributed by atoms with E-state index in [0.29, 0.717) is 9.80 Å². The zero-order chi connectivity index (χ0) is 17.0. The van der Waals surface area contributed by atoms with Gasteiger partial charge in [-0.05, 0) is 12.0 Å². The van der Waals surface area contributed by atoms with Crippen LogP contribution in [0.25, 0.3) is 0 Å². The van der Waals surface area contributed by atoms with Crippen molar-refractivity contribution in [1.29, 1.82) is 0 Å². The van der Waals surface area contributed by atoms with Gasteiger partial charge in [-0.25, -0.2) is 9.69 Å². The first-order chi connectivity index (χ1) is 11.0. The molecule has 122 valence electrons. The number of benzene rings is 1. The van der Waals surface area contributed by atoms with Crippen molar-refractivity contribution in [3.63, 3.8) is 0 Å². The summed E-state index contributed by atoms with van der Waals surface area (Å²) in [5, 5.41) is 2.82. The zero-order valence-corrected chi connectivity index (χ0v) is 13.1. The minimum absolute atomic E-state index is 0.199. The van der Waals surface area contributed by atoms with Crippen molar-refractivity contribution in [3.8, 4) is 0 Å². The topological polar surface area (TPSA) is 86.8 Å². The molecular weight excluding hydrogens is 298 g/mol. The number of carbonyl (C=O) groups is 4. The number of rotatable bonds is 6. The van der Waals surface area contributed by atoms with Crippen molar-refractivity contribution in [3.05, 3.63) is 35.9 Å². The Bertz CT molecular complexity index is 629. The van der Waals surface area contributed by atoms with Crippen LogP contribution in [0.5, 0.6) is 0 Å². The van der Waals surface area contributed by atoms with Gasteiger partial charge >= 0.3 is 17.8 Å². The van der Waals surface area contributed by atoms with Crippen LogP contribution in [0.1, 0.15) is 31.4 Å². The van der Waals surface area contributed by atoms with Crippen molar-refractivity contribution in [2.75, 3.05) is 13.6 Å². The molecule has 1 aliphatic heterocycles.